The van der Waals surface area contributed by atoms with E-state index in [9.17, 15) is 8.42 Å². The molecule has 0 amide bonds. The van der Waals surface area contributed by atoms with E-state index in [1.165, 1.54) is 9.87 Å². The van der Waals surface area contributed by atoms with Gasteiger partial charge in [0.05, 0.1) is 5.75 Å². The lowest BCUT2D eigenvalue weighted by Crippen LogP contribution is -2.50. The molecule has 0 aliphatic carbocycles. The highest BCUT2D eigenvalue weighted by Crippen LogP contribution is 2.20. The molecule has 0 atom stereocenters. The number of hydrogen-bond acceptors (Lipinski definition) is 7. The summed E-state index contributed by atoms with van der Waals surface area (Å²) < 4.78 is 32.6. The summed E-state index contributed by atoms with van der Waals surface area (Å²) in [5, 5.41) is 3.32. The molecule has 8 nitrogen and oxygen atoms in total. The second-order valence-electron chi connectivity index (χ2n) is 8.05. The van der Waals surface area contributed by atoms with E-state index in [0.29, 0.717) is 37.9 Å². The SMILES string of the molecule is Cc1ccc(Nc2cc(C)nc(N3CCN(S(=O)(=O)CCOc4ccccc4)CC3)n2)cc1. The number of aromatic nitrogens is 2. The topological polar surface area (TPSA) is 87.7 Å². The number of para-hydroxylation sites is 1. The summed E-state index contributed by atoms with van der Waals surface area (Å²) in [5.74, 6) is 1.95. The van der Waals surface area contributed by atoms with Crippen molar-refractivity contribution < 1.29 is 13.2 Å². The number of sulfonamides is 1. The van der Waals surface area contributed by atoms with E-state index >= 15 is 0 Å². The van der Waals surface area contributed by atoms with Gasteiger partial charge in [0.25, 0.3) is 0 Å². The minimum absolute atomic E-state index is 0.0482. The van der Waals surface area contributed by atoms with Crippen molar-refractivity contribution in [2.45, 2.75) is 13.8 Å². The molecule has 1 aromatic heterocycles. The minimum Gasteiger partial charge on any atom is -0.492 e. The van der Waals surface area contributed by atoms with E-state index in [1.807, 2.05) is 79.4 Å². The van der Waals surface area contributed by atoms with E-state index in [1.54, 1.807) is 0 Å². The van der Waals surface area contributed by atoms with E-state index in [-0.39, 0.29) is 12.4 Å². The Kier molecular flexibility index (Phi) is 7.10. The van der Waals surface area contributed by atoms with Crippen LogP contribution in [-0.2, 0) is 10.0 Å². The minimum atomic E-state index is -3.39. The maximum Gasteiger partial charge on any atom is 0.227 e. The van der Waals surface area contributed by atoms with Gasteiger partial charge in [-0.2, -0.15) is 9.29 Å². The van der Waals surface area contributed by atoms with Gasteiger partial charge >= 0.3 is 0 Å². The molecule has 2 aromatic carbocycles. The summed E-state index contributed by atoms with van der Waals surface area (Å²) in [5.41, 5.74) is 3.00. The molecule has 1 saturated heterocycles. The first-order chi connectivity index (χ1) is 15.9. The molecule has 1 fully saturated rings. The van der Waals surface area contributed by atoms with Gasteiger partial charge in [-0.15, -0.1) is 0 Å². The van der Waals surface area contributed by atoms with Crippen molar-refractivity contribution >= 4 is 27.5 Å². The van der Waals surface area contributed by atoms with Crippen LogP contribution < -0.4 is 15.0 Å². The summed E-state index contributed by atoms with van der Waals surface area (Å²) in [6.45, 7) is 5.96. The van der Waals surface area contributed by atoms with Gasteiger partial charge in [0.1, 0.15) is 18.2 Å². The predicted molar refractivity (Wildman–Crippen MR) is 131 cm³/mol. The van der Waals surface area contributed by atoms with Crippen LogP contribution in [0, 0.1) is 13.8 Å². The highest BCUT2D eigenvalue weighted by atomic mass is 32.2. The predicted octanol–water partition coefficient (Wildman–Crippen LogP) is 3.37. The van der Waals surface area contributed by atoms with E-state index in [4.69, 9.17) is 4.74 Å². The Morgan fingerprint density at radius 3 is 2.33 bits per heavy atom. The van der Waals surface area contributed by atoms with Gasteiger partial charge in [0, 0.05) is 43.6 Å². The summed E-state index contributed by atoms with van der Waals surface area (Å²) in [6, 6.07) is 19.2. The van der Waals surface area contributed by atoms with Crippen LogP contribution in [0.2, 0.25) is 0 Å². The maximum absolute atomic E-state index is 12.7. The molecule has 0 bridgehead atoms. The summed E-state index contributed by atoms with van der Waals surface area (Å²) in [4.78, 5) is 11.3. The summed E-state index contributed by atoms with van der Waals surface area (Å²) >= 11 is 0. The summed E-state index contributed by atoms with van der Waals surface area (Å²) in [6.07, 6.45) is 0. The van der Waals surface area contributed by atoms with Crippen LogP contribution in [0.5, 0.6) is 5.75 Å². The Morgan fingerprint density at radius 1 is 0.939 bits per heavy atom. The lowest BCUT2D eigenvalue weighted by Gasteiger charge is -2.34. The largest absolute Gasteiger partial charge is 0.492 e. The van der Waals surface area contributed by atoms with Crippen molar-refractivity contribution in [2.75, 3.05) is 48.8 Å². The van der Waals surface area contributed by atoms with E-state index < -0.39 is 10.0 Å². The molecule has 0 unspecified atom stereocenters. The number of piperazine rings is 1. The van der Waals surface area contributed by atoms with Gasteiger partial charge in [-0.3, -0.25) is 0 Å². The Bertz CT molecular complexity index is 1160. The van der Waals surface area contributed by atoms with Crippen LogP contribution in [0.3, 0.4) is 0 Å². The van der Waals surface area contributed by atoms with Gasteiger partial charge < -0.3 is 15.0 Å². The van der Waals surface area contributed by atoms with E-state index in [2.05, 4.69) is 15.3 Å². The van der Waals surface area contributed by atoms with Crippen LogP contribution >= 0.6 is 0 Å². The van der Waals surface area contributed by atoms with Crippen molar-refractivity contribution in [3.8, 4) is 5.75 Å². The van der Waals surface area contributed by atoms with Crippen LogP contribution in [-0.4, -0.2) is 61.2 Å². The average molecular weight is 468 g/mol. The number of nitrogens with one attached hydrogen (secondary N) is 1. The number of benzene rings is 2. The fourth-order valence-corrected chi connectivity index (χ4v) is 4.89. The first-order valence-electron chi connectivity index (χ1n) is 11.0. The Hall–Kier alpha value is -3.17. The fraction of sp³-hybridized carbons (Fsp3) is 0.333. The highest BCUT2D eigenvalue weighted by molar-refractivity contribution is 7.89. The molecule has 1 aliphatic rings. The molecule has 33 heavy (non-hydrogen) atoms. The van der Waals surface area contributed by atoms with Crippen LogP contribution in [0.4, 0.5) is 17.5 Å². The molecular formula is C24H29N5O3S. The van der Waals surface area contributed by atoms with Crippen molar-refractivity contribution in [3.63, 3.8) is 0 Å². The monoisotopic (exact) mass is 467 g/mol. The first kappa shape index (κ1) is 23.0. The number of rotatable bonds is 8. The lowest BCUT2D eigenvalue weighted by atomic mass is 10.2. The second-order valence-corrected chi connectivity index (χ2v) is 10.1. The van der Waals surface area contributed by atoms with Crippen LogP contribution in [0.1, 0.15) is 11.3 Å². The highest BCUT2D eigenvalue weighted by Gasteiger charge is 2.28. The Morgan fingerprint density at radius 2 is 1.64 bits per heavy atom. The van der Waals surface area contributed by atoms with Crippen LogP contribution in [0.15, 0.2) is 60.7 Å². The number of ether oxygens (including phenoxy) is 1. The molecule has 3 aromatic rings. The third kappa shape index (κ3) is 6.21. The van der Waals surface area contributed by atoms with Gasteiger partial charge in [-0.05, 0) is 38.1 Å². The van der Waals surface area contributed by atoms with Crippen molar-refractivity contribution in [1.82, 2.24) is 14.3 Å². The molecule has 174 valence electrons. The number of aryl methyl sites for hydroxylation is 2. The van der Waals surface area contributed by atoms with Gasteiger partial charge in [0.2, 0.25) is 16.0 Å². The van der Waals surface area contributed by atoms with Crippen molar-refractivity contribution in [1.29, 1.82) is 0 Å². The molecule has 1 N–H and O–H groups in total. The molecule has 0 radical (unpaired) electrons. The molecule has 0 saturated carbocycles. The van der Waals surface area contributed by atoms with E-state index in [0.717, 1.165) is 17.2 Å². The van der Waals surface area contributed by atoms with Gasteiger partial charge in [-0.1, -0.05) is 35.9 Å². The zero-order chi connectivity index (χ0) is 23.3. The molecule has 2 heterocycles. The fourth-order valence-electron chi connectivity index (χ4n) is 3.62. The molecular weight excluding hydrogens is 438 g/mol. The van der Waals surface area contributed by atoms with Crippen molar-refractivity contribution in [2.24, 2.45) is 0 Å². The zero-order valence-electron chi connectivity index (χ0n) is 18.9. The first-order valence-corrected chi connectivity index (χ1v) is 12.6. The smallest absolute Gasteiger partial charge is 0.227 e. The second kappa shape index (κ2) is 10.2. The van der Waals surface area contributed by atoms with Crippen LogP contribution in [0.25, 0.3) is 0 Å². The third-order valence-corrected chi connectivity index (χ3v) is 7.27. The molecule has 9 heteroatoms. The van der Waals surface area contributed by atoms with Gasteiger partial charge in [0.15, 0.2) is 0 Å². The Labute approximate surface area is 195 Å². The number of anilines is 3. The zero-order valence-corrected chi connectivity index (χ0v) is 19.8. The normalized spacial score (nSPS) is 14.8. The van der Waals surface area contributed by atoms with Crippen molar-refractivity contribution in [3.05, 3.63) is 71.9 Å². The molecule has 4 rings (SSSR count). The maximum atomic E-state index is 12.7. The quantitative estimate of drug-likeness (QED) is 0.543. The lowest BCUT2D eigenvalue weighted by molar-refractivity contribution is 0.330. The molecule has 1 aliphatic heterocycles. The average Bonchev–Trinajstić information content (AvgIpc) is 2.81. The standard InChI is InChI=1S/C24H29N5O3S/c1-19-8-10-21(11-9-19)26-23-18-20(2)25-24(27-23)28-12-14-29(15-13-28)33(30,31)17-16-32-22-6-4-3-5-7-22/h3-11,18H,12-17H2,1-2H3,(H,25,26,27). The Balaban J connectivity index is 1.34. The molecule has 0 spiro atoms. The third-order valence-electron chi connectivity index (χ3n) is 5.43. The number of nitrogens with zero attached hydrogens (tertiary/aromatic N) is 4. The number of hydrogen-bond donors (Lipinski definition) is 1. The summed E-state index contributed by atoms with van der Waals surface area (Å²) in [7, 11) is -3.39. The van der Waals surface area contributed by atoms with Gasteiger partial charge in [-0.25, -0.2) is 13.4 Å².